The molecule has 4 atom stereocenters. The maximum absolute atomic E-state index is 12.8. The molecule has 0 bridgehead atoms. The predicted octanol–water partition coefficient (Wildman–Crippen LogP) is 4.74. The summed E-state index contributed by atoms with van der Waals surface area (Å²) in [5, 5.41) is 29.3. The van der Waals surface area contributed by atoms with Crippen LogP contribution in [0.5, 0.6) is 5.75 Å². The van der Waals surface area contributed by atoms with Gasteiger partial charge in [-0.3, -0.25) is 4.79 Å². The van der Waals surface area contributed by atoms with Gasteiger partial charge in [-0.05, 0) is 49.8 Å². The summed E-state index contributed by atoms with van der Waals surface area (Å²) in [4.78, 5) is 10.5. The molecule has 0 radical (unpaired) electrons. The average Bonchev–Trinajstić information content (AvgIpc) is 3.06. The van der Waals surface area contributed by atoms with Crippen molar-refractivity contribution in [1.29, 1.82) is 0 Å². The second-order valence-corrected chi connectivity index (χ2v) is 9.29. The van der Waals surface area contributed by atoms with Crippen LogP contribution in [0.3, 0.4) is 0 Å². The molecule has 1 fully saturated rings. The van der Waals surface area contributed by atoms with Gasteiger partial charge in [0.25, 0.3) is 0 Å². The molecule has 1 aromatic rings. The number of aliphatic hydroxyl groups is 2. The number of carbonyl (C=O) groups is 1. The van der Waals surface area contributed by atoms with Crippen LogP contribution in [-0.2, 0) is 11.0 Å². The van der Waals surface area contributed by atoms with Crippen molar-refractivity contribution in [2.75, 3.05) is 12.4 Å². The Balaban J connectivity index is 1.70. The Kier molecular flexibility index (Phi) is 10.4. The van der Waals surface area contributed by atoms with E-state index in [-0.39, 0.29) is 36.0 Å². The number of aliphatic carboxylic acids is 1. The number of ether oxygens (including phenoxy) is 1. The van der Waals surface area contributed by atoms with E-state index in [1.807, 2.05) is 0 Å². The Morgan fingerprint density at radius 3 is 2.65 bits per heavy atom. The fraction of sp³-hybridized carbons (Fsp3) is 0.682. The highest BCUT2D eigenvalue weighted by Crippen LogP contribution is 2.39. The van der Waals surface area contributed by atoms with E-state index in [1.54, 1.807) is 11.8 Å². The van der Waals surface area contributed by atoms with Gasteiger partial charge in [0.1, 0.15) is 12.4 Å². The molecule has 1 aromatic carbocycles. The van der Waals surface area contributed by atoms with Crippen molar-refractivity contribution in [3.8, 4) is 5.75 Å². The highest BCUT2D eigenvalue weighted by Gasteiger charge is 2.35. The molecular formula is C22H31F3O5S. The number of rotatable bonds is 13. The van der Waals surface area contributed by atoms with Crippen LogP contribution in [0.15, 0.2) is 24.3 Å². The van der Waals surface area contributed by atoms with Gasteiger partial charge in [0.15, 0.2) is 0 Å². The molecule has 5 nitrogen and oxygen atoms in total. The number of halogens is 3. The topological polar surface area (TPSA) is 87.0 Å². The van der Waals surface area contributed by atoms with Crippen LogP contribution in [0.4, 0.5) is 13.2 Å². The van der Waals surface area contributed by atoms with Crippen LogP contribution in [0.1, 0.15) is 56.9 Å². The third kappa shape index (κ3) is 9.29. The Bertz CT molecular complexity index is 685. The molecule has 4 unspecified atom stereocenters. The van der Waals surface area contributed by atoms with E-state index in [1.165, 1.54) is 12.1 Å². The SMILES string of the molecule is O=C(O)CCCCCCC1C(O)CCC1SCC(O)COc1cccc(C(F)(F)F)c1. The van der Waals surface area contributed by atoms with Crippen LogP contribution in [0, 0.1) is 5.92 Å². The highest BCUT2D eigenvalue weighted by molar-refractivity contribution is 7.99. The number of unbranched alkanes of at least 4 members (excludes halogenated alkanes) is 3. The second-order valence-electron chi connectivity index (χ2n) is 8.02. The summed E-state index contributed by atoms with van der Waals surface area (Å²) in [6.07, 6.45) is 0.382. The largest absolute Gasteiger partial charge is 0.491 e. The van der Waals surface area contributed by atoms with Crippen LogP contribution in [-0.4, -0.2) is 51.1 Å². The monoisotopic (exact) mass is 464 g/mol. The average molecular weight is 465 g/mol. The lowest BCUT2D eigenvalue weighted by atomic mass is 9.97. The quantitative estimate of drug-likeness (QED) is 0.366. The number of aliphatic hydroxyl groups excluding tert-OH is 2. The van der Waals surface area contributed by atoms with Gasteiger partial charge < -0.3 is 20.1 Å². The first-order chi connectivity index (χ1) is 14.7. The van der Waals surface area contributed by atoms with E-state index < -0.39 is 23.8 Å². The van der Waals surface area contributed by atoms with Crippen molar-refractivity contribution in [3.05, 3.63) is 29.8 Å². The minimum atomic E-state index is -4.44. The molecule has 2 rings (SSSR count). The first kappa shape index (κ1) is 25.8. The standard InChI is InChI=1S/C22H31F3O5S/c23-22(24,25)15-6-5-7-17(12-15)30-13-16(26)14-31-20-11-10-19(27)18(20)8-3-1-2-4-9-21(28)29/h5-7,12,16,18-20,26-27H,1-4,8-11,13-14H2,(H,28,29). The van der Waals surface area contributed by atoms with Crippen LogP contribution < -0.4 is 4.74 Å². The van der Waals surface area contributed by atoms with E-state index in [9.17, 15) is 28.2 Å². The van der Waals surface area contributed by atoms with Gasteiger partial charge in [-0.2, -0.15) is 24.9 Å². The second kappa shape index (κ2) is 12.6. The number of carboxylic acids is 1. The maximum Gasteiger partial charge on any atom is 0.416 e. The van der Waals surface area contributed by atoms with Gasteiger partial charge in [-0.1, -0.05) is 25.3 Å². The molecule has 0 heterocycles. The molecule has 0 amide bonds. The molecule has 176 valence electrons. The minimum absolute atomic E-state index is 0.0657. The van der Waals surface area contributed by atoms with Gasteiger partial charge in [-0.25, -0.2) is 0 Å². The smallest absolute Gasteiger partial charge is 0.416 e. The maximum atomic E-state index is 12.8. The zero-order chi connectivity index (χ0) is 22.9. The number of hydrogen-bond acceptors (Lipinski definition) is 5. The van der Waals surface area contributed by atoms with Gasteiger partial charge in [0.05, 0.1) is 17.8 Å². The fourth-order valence-corrected chi connectivity index (χ4v) is 5.28. The van der Waals surface area contributed by atoms with Crippen molar-refractivity contribution in [1.82, 2.24) is 0 Å². The van der Waals surface area contributed by atoms with Crippen molar-refractivity contribution >= 4 is 17.7 Å². The van der Waals surface area contributed by atoms with Crippen LogP contribution >= 0.6 is 11.8 Å². The lowest BCUT2D eigenvalue weighted by Gasteiger charge is -2.23. The molecule has 1 aliphatic carbocycles. The van der Waals surface area contributed by atoms with E-state index in [0.717, 1.165) is 50.7 Å². The van der Waals surface area contributed by atoms with Gasteiger partial charge in [0.2, 0.25) is 0 Å². The normalized spacial score (nSPS) is 22.4. The molecule has 3 N–H and O–H groups in total. The molecule has 9 heteroatoms. The summed E-state index contributed by atoms with van der Waals surface area (Å²) in [7, 11) is 0. The highest BCUT2D eigenvalue weighted by atomic mass is 32.2. The summed E-state index contributed by atoms with van der Waals surface area (Å²) in [5.41, 5.74) is -0.792. The van der Waals surface area contributed by atoms with Gasteiger partial charge in [-0.15, -0.1) is 0 Å². The van der Waals surface area contributed by atoms with E-state index in [4.69, 9.17) is 9.84 Å². The van der Waals surface area contributed by atoms with E-state index >= 15 is 0 Å². The number of benzene rings is 1. The number of carboxylic acid groups (broad SMARTS) is 1. The van der Waals surface area contributed by atoms with Crippen molar-refractivity contribution < 1.29 is 38.0 Å². The molecule has 1 aliphatic rings. The molecule has 0 aromatic heterocycles. The Hall–Kier alpha value is -1.45. The third-order valence-electron chi connectivity index (χ3n) is 5.50. The summed E-state index contributed by atoms with van der Waals surface area (Å²) in [6.45, 7) is -0.0994. The lowest BCUT2D eigenvalue weighted by molar-refractivity contribution is -0.138. The summed E-state index contributed by atoms with van der Waals surface area (Å²) in [6, 6.07) is 4.58. The molecule has 31 heavy (non-hydrogen) atoms. The number of alkyl halides is 3. The lowest BCUT2D eigenvalue weighted by Crippen LogP contribution is -2.25. The van der Waals surface area contributed by atoms with Crippen molar-refractivity contribution in [3.63, 3.8) is 0 Å². The predicted molar refractivity (Wildman–Crippen MR) is 113 cm³/mol. The number of thioether (sulfide) groups is 1. The Morgan fingerprint density at radius 2 is 1.94 bits per heavy atom. The zero-order valence-electron chi connectivity index (χ0n) is 17.4. The number of hydrogen-bond donors (Lipinski definition) is 3. The van der Waals surface area contributed by atoms with E-state index in [2.05, 4.69) is 0 Å². The van der Waals surface area contributed by atoms with Crippen molar-refractivity contribution in [2.24, 2.45) is 5.92 Å². The van der Waals surface area contributed by atoms with Gasteiger partial charge in [0, 0.05) is 17.4 Å². The van der Waals surface area contributed by atoms with Crippen molar-refractivity contribution in [2.45, 2.75) is 75.0 Å². The third-order valence-corrected chi connectivity index (χ3v) is 7.09. The van der Waals surface area contributed by atoms with Crippen LogP contribution in [0.2, 0.25) is 0 Å². The van der Waals surface area contributed by atoms with E-state index in [0.29, 0.717) is 12.2 Å². The first-order valence-corrected chi connectivity index (χ1v) is 11.7. The van der Waals surface area contributed by atoms with Crippen LogP contribution in [0.25, 0.3) is 0 Å². The molecule has 0 saturated heterocycles. The minimum Gasteiger partial charge on any atom is -0.491 e. The first-order valence-electron chi connectivity index (χ1n) is 10.7. The summed E-state index contributed by atoms with van der Waals surface area (Å²) in [5.74, 6) is -0.193. The fourth-order valence-electron chi connectivity index (χ4n) is 3.84. The Labute approximate surface area is 185 Å². The molecular weight excluding hydrogens is 433 g/mol. The summed E-state index contributed by atoms with van der Waals surface area (Å²) < 4.78 is 43.6. The zero-order valence-corrected chi connectivity index (χ0v) is 18.2. The molecule has 0 spiro atoms. The Morgan fingerprint density at radius 1 is 1.19 bits per heavy atom. The molecule has 1 saturated carbocycles. The summed E-state index contributed by atoms with van der Waals surface area (Å²) >= 11 is 1.57. The van der Waals surface area contributed by atoms with Gasteiger partial charge >= 0.3 is 12.1 Å². The molecule has 0 aliphatic heterocycles.